The van der Waals surface area contributed by atoms with Crippen molar-refractivity contribution >= 4 is 11.9 Å². The Morgan fingerprint density at radius 1 is 1.33 bits per heavy atom. The second-order valence-electron chi connectivity index (χ2n) is 3.08. The van der Waals surface area contributed by atoms with Gasteiger partial charge in [-0.2, -0.15) is 0 Å². The molecule has 0 saturated carbocycles. The molecule has 0 aromatic heterocycles. The molecule has 0 unspecified atom stereocenters. The van der Waals surface area contributed by atoms with Gasteiger partial charge in [-0.25, -0.2) is 0 Å². The molecular weight excluding hydrogens is 187 g/mol. The summed E-state index contributed by atoms with van der Waals surface area (Å²) in [4.78, 5) is 20.5. The molecule has 0 radical (unpaired) electrons. The van der Waals surface area contributed by atoms with Crippen molar-refractivity contribution in [1.29, 1.82) is 0 Å². The molecule has 0 amide bonds. The molecule has 0 bridgehead atoms. The van der Waals surface area contributed by atoms with Gasteiger partial charge in [0.05, 0.1) is 5.41 Å². The predicted molar refractivity (Wildman–Crippen MR) is 39.4 cm³/mol. The van der Waals surface area contributed by atoms with E-state index in [9.17, 15) is 9.59 Å². The molecule has 0 fully saturated rings. The fourth-order valence-electron chi connectivity index (χ4n) is 0.526. The predicted octanol–water partition coefficient (Wildman–Crippen LogP) is -1.92. The van der Waals surface area contributed by atoms with E-state index in [0.717, 1.165) is 0 Å². The molecule has 0 heterocycles. The molecule has 0 saturated heterocycles. The van der Waals surface area contributed by atoms with Gasteiger partial charge in [-0.3, -0.25) is 9.59 Å². The van der Waals surface area contributed by atoms with Gasteiger partial charge < -0.3 is 11.6 Å². The Bertz CT molecular complexity index is 181. The molecule has 0 aliphatic rings. The zero-order chi connectivity index (χ0) is 9.07. The number of rotatable bonds is 4. The molecule has 0 atom stereocenters. The summed E-state index contributed by atoms with van der Waals surface area (Å²) in [5.41, 5.74) is -0.932. The Hall–Kier alpha value is 0.576. The average molecular weight is 200 g/mol. The zero-order valence-electron chi connectivity index (χ0n) is 8.63. The maximum absolute atomic E-state index is 10.4. The smallest absolute Gasteiger partial charge is 1.00 e. The van der Waals surface area contributed by atoms with Crippen LogP contribution < -0.4 is 51.4 Å². The summed E-state index contributed by atoms with van der Waals surface area (Å²) in [7, 11) is 0. The van der Waals surface area contributed by atoms with E-state index in [1.165, 1.54) is 13.8 Å². The van der Waals surface area contributed by atoms with Gasteiger partial charge in [-0.15, -0.1) is 0 Å². The minimum Gasteiger partial charge on any atom is -1.00 e. The standard InChI is InChI=1S/C7H12O4.K.H/c1-7(2,6(10)11)4-3-5(8)9;;/h3-4H2,1-2H3,(H,8,9)(H,10,11);;/q;+1;-1. The van der Waals surface area contributed by atoms with Crippen molar-refractivity contribution in [3.8, 4) is 0 Å². The molecule has 0 rings (SSSR count). The SMILES string of the molecule is CC(C)(CCC(=O)O)C(=O)O.[H-].[K+]. The Morgan fingerprint density at radius 3 is 2.00 bits per heavy atom. The Kier molecular flexibility index (Phi) is 7.65. The van der Waals surface area contributed by atoms with E-state index >= 15 is 0 Å². The third-order valence-electron chi connectivity index (χ3n) is 1.54. The number of carboxylic acid groups (broad SMARTS) is 2. The van der Waals surface area contributed by atoms with Crippen LogP contribution in [0.1, 0.15) is 28.1 Å². The fraction of sp³-hybridized carbons (Fsp3) is 0.714. The number of aliphatic carboxylic acids is 2. The second kappa shape index (κ2) is 6.09. The van der Waals surface area contributed by atoms with Gasteiger partial charge in [0.2, 0.25) is 0 Å². The molecule has 4 nitrogen and oxygen atoms in total. The second-order valence-corrected chi connectivity index (χ2v) is 3.08. The summed E-state index contributed by atoms with van der Waals surface area (Å²) < 4.78 is 0. The van der Waals surface area contributed by atoms with E-state index < -0.39 is 17.4 Å². The fourth-order valence-corrected chi connectivity index (χ4v) is 0.526. The number of carboxylic acids is 2. The van der Waals surface area contributed by atoms with Crippen LogP contribution in [0.2, 0.25) is 0 Å². The van der Waals surface area contributed by atoms with E-state index in [0.29, 0.717) is 0 Å². The first-order valence-electron chi connectivity index (χ1n) is 3.31. The Labute approximate surface area is 115 Å². The monoisotopic (exact) mass is 200 g/mol. The summed E-state index contributed by atoms with van der Waals surface area (Å²) in [5, 5.41) is 16.8. The summed E-state index contributed by atoms with van der Waals surface area (Å²) in [5.74, 6) is -1.92. The number of hydrogen-bond donors (Lipinski definition) is 2. The van der Waals surface area contributed by atoms with Gasteiger partial charge in [-0.05, 0) is 20.3 Å². The topological polar surface area (TPSA) is 74.6 Å². The Morgan fingerprint density at radius 2 is 1.75 bits per heavy atom. The summed E-state index contributed by atoms with van der Waals surface area (Å²) >= 11 is 0. The third kappa shape index (κ3) is 6.13. The largest absolute Gasteiger partial charge is 1.00 e. The van der Waals surface area contributed by atoms with Gasteiger partial charge in [0.15, 0.2) is 0 Å². The number of hydrogen-bond acceptors (Lipinski definition) is 2. The maximum atomic E-state index is 10.4. The van der Waals surface area contributed by atoms with Crippen LogP contribution in [0.4, 0.5) is 0 Å². The van der Waals surface area contributed by atoms with E-state index in [2.05, 4.69) is 0 Å². The molecular formula is C7H13KO4. The first kappa shape index (κ1) is 15.1. The van der Waals surface area contributed by atoms with Crippen LogP contribution in [0, 0.1) is 5.41 Å². The Balaban J connectivity index is -0.000000500. The molecule has 0 aromatic rings. The molecule has 0 aliphatic heterocycles. The molecule has 0 aliphatic carbocycles. The maximum Gasteiger partial charge on any atom is 1.00 e. The molecule has 5 heteroatoms. The quantitative estimate of drug-likeness (QED) is 0.519. The normalized spacial score (nSPS) is 10.2. The van der Waals surface area contributed by atoms with Crippen LogP contribution in [-0.2, 0) is 9.59 Å². The summed E-state index contributed by atoms with van der Waals surface area (Å²) in [6, 6.07) is 0. The van der Waals surface area contributed by atoms with Gasteiger partial charge in [0.25, 0.3) is 0 Å². The van der Waals surface area contributed by atoms with Crippen LogP contribution in [0.25, 0.3) is 0 Å². The molecule has 12 heavy (non-hydrogen) atoms. The van der Waals surface area contributed by atoms with Gasteiger partial charge in [0.1, 0.15) is 0 Å². The van der Waals surface area contributed by atoms with Gasteiger partial charge >= 0.3 is 63.3 Å². The van der Waals surface area contributed by atoms with E-state index in [1.54, 1.807) is 0 Å². The van der Waals surface area contributed by atoms with Crippen molar-refractivity contribution in [2.75, 3.05) is 0 Å². The molecule has 0 spiro atoms. The van der Waals surface area contributed by atoms with E-state index in [-0.39, 0.29) is 65.7 Å². The molecule has 2 N–H and O–H groups in total. The van der Waals surface area contributed by atoms with Crippen molar-refractivity contribution in [1.82, 2.24) is 0 Å². The van der Waals surface area contributed by atoms with Crippen LogP contribution in [0.3, 0.4) is 0 Å². The minimum atomic E-state index is -0.959. The van der Waals surface area contributed by atoms with E-state index in [4.69, 9.17) is 10.2 Å². The first-order valence-corrected chi connectivity index (χ1v) is 3.31. The van der Waals surface area contributed by atoms with Gasteiger partial charge in [0, 0.05) is 6.42 Å². The minimum absolute atomic E-state index is 0. The van der Waals surface area contributed by atoms with Crippen LogP contribution in [-0.4, -0.2) is 22.2 Å². The summed E-state index contributed by atoms with van der Waals surface area (Å²) in [6.07, 6.45) is 0.0664. The molecule has 66 valence electrons. The zero-order valence-corrected chi connectivity index (χ0v) is 10.7. The average Bonchev–Trinajstić information content (AvgIpc) is 1.84. The first-order chi connectivity index (χ1) is 4.86. The van der Waals surface area contributed by atoms with Crippen LogP contribution in [0.15, 0.2) is 0 Å². The van der Waals surface area contributed by atoms with Crippen molar-refractivity contribution in [2.45, 2.75) is 26.7 Å². The number of carbonyl (C=O) groups is 2. The van der Waals surface area contributed by atoms with Crippen molar-refractivity contribution < 1.29 is 72.6 Å². The van der Waals surface area contributed by atoms with Crippen molar-refractivity contribution in [3.63, 3.8) is 0 Å². The van der Waals surface area contributed by atoms with Crippen molar-refractivity contribution in [3.05, 3.63) is 0 Å². The van der Waals surface area contributed by atoms with Crippen LogP contribution in [0.5, 0.6) is 0 Å². The molecule has 0 aromatic carbocycles. The summed E-state index contributed by atoms with van der Waals surface area (Å²) in [6.45, 7) is 3.02. The third-order valence-corrected chi connectivity index (χ3v) is 1.54. The van der Waals surface area contributed by atoms with E-state index in [1.807, 2.05) is 0 Å². The van der Waals surface area contributed by atoms with Gasteiger partial charge in [-0.1, -0.05) is 0 Å². The van der Waals surface area contributed by atoms with Crippen molar-refractivity contribution in [2.24, 2.45) is 5.41 Å². The van der Waals surface area contributed by atoms with Crippen LogP contribution >= 0.6 is 0 Å².